The summed E-state index contributed by atoms with van der Waals surface area (Å²) >= 11 is 11.7. The molecule has 0 aliphatic heterocycles. The van der Waals surface area contributed by atoms with Crippen molar-refractivity contribution in [3.8, 4) is 0 Å². The van der Waals surface area contributed by atoms with Gasteiger partial charge in [0.15, 0.2) is 5.78 Å². The maximum absolute atomic E-state index is 12.4. The summed E-state index contributed by atoms with van der Waals surface area (Å²) in [6, 6.07) is 4.68. The quantitative estimate of drug-likeness (QED) is 0.856. The fraction of sp³-hybridized carbons (Fsp3) is 0.429. The van der Waals surface area contributed by atoms with E-state index in [0.717, 1.165) is 12.8 Å². The number of benzene rings is 1. The molecule has 3 nitrogen and oxygen atoms in total. The molecule has 0 bridgehead atoms. The summed E-state index contributed by atoms with van der Waals surface area (Å²) in [4.78, 5) is 23.6. The molecule has 1 fully saturated rings. The molecule has 0 spiro atoms. The van der Waals surface area contributed by atoms with E-state index in [9.17, 15) is 14.7 Å². The molecule has 0 heterocycles. The van der Waals surface area contributed by atoms with Crippen LogP contribution in [-0.2, 0) is 4.79 Å². The summed E-state index contributed by atoms with van der Waals surface area (Å²) < 4.78 is 0. The van der Waals surface area contributed by atoms with Crippen molar-refractivity contribution in [3.63, 3.8) is 0 Å². The highest BCUT2D eigenvalue weighted by Gasteiger charge is 2.36. The number of carboxylic acids is 1. The zero-order valence-corrected chi connectivity index (χ0v) is 11.7. The Kier molecular flexibility index (Phi) is 4.48. The van der Waals surface area contributed by atoms with Crippen LogP contribution in [-0.4, -0.2) is 16.9 Å². The van der Waals surface area contributed by atoms with Crippen LogP contribution in [0.3, 0.4) is 0 Å². The van der Waals surface area contributed by atoms with Crippen LogP contribution in [0.2, 0.25) is 10.0 Å². The van der Waals surface area contributed by atoms with E-state index >= 15 is 0 Å². The van der Waals surface area contributed by atoms with E-state index in [-0.39, 0.29) is 5.78 Å². The lowest BCUT2D eigenvalue weighted by molar-refractivity contribution is -0.144. The number of carbonyl (C=O) groups is 2. The number of aliphatic carboxylic acids is 1. The van der Waals surface area contributed by atoms with E-state index in [1.165, 1.54) is 6.07 Å². The molecule has 5 heteroatoms. The first-order chi connectivity index (χ1) is 9.00. The third-order valence-electron chi connectivity index (χ3n) is 3.62. The minimum absolute atomic E-state index is 0.148. The molecular formula is C14H14Cl2O3. The molecule has 0 radical (unpaired) electrons. The number of Topliss-reactive ketones (excluding diaryl/α,β-unsaturated/α-hetero) is 1. The van der Waals surface area contributed by atoms with Gasteiger partial charge in [-0.25, -0.2) is 0 Å². The van der Waals surface area contributed by atoms with Crippen LogP contribution in [0, 0.1) is 11.8 Å². The Morgan fingerprint density at radius 3 is 2.26 bits per heavy atom. The van der Waals surface area contributed by atoms with Crippen molar-refractivity contribution in [2.24, 2.45) is 11.8 Å². The van der Waals surface area contributed by atoms with Crippen molar-refractivity contribution >= 4 is 35.0 Å². The van der Waals surface area contributed by atoms with Gasteiger partial charge in [0.25, 0.3) is 0 Å². The molecule has 2 atom stereocenters. The van der Waals surface area contributed by atoms with Gasteiger partial charge in [0.1, 0.15) is 0 Å². The number of hydrogen-bond acceptors (Lipinski definition) is 2. The Hall–Kier alpha value is -1.06. The number of ketones is 1. The Bertz CT molecular complexity index is 513. The van der Waals surface area contributed by atoms with Crippen LogP contribution in [0.15, 0.2) is 18.2 Å². The SMILES string of the molecule is O=C(O)C1CCCCC1C(=O)c1ccc(Cl)c(Cl)c1. The fourth-order valence-electron chi connectivity index (χ4n) is 2.60. The predicted octanol–water partition coefficient (Wildman–Crippen LogP) is 4.07. The van der Waals surface area contributed by atoms with Crippen molar-refractivity contribution < 1.29 is 14.7 Å². The van der Waals surface area contributed by atoms with E-state index < -0.39 is 17.8 Å². The van der Waals surface area contributed by atoms with Gasteiger partial charge in [-0.2, -0.15) is 0 Å². The lowest BCUT2D eigenvalue weighted by Gasteiger charge is -2.27. The first kappa shape index (κ1) is 14.4. The zero-order chi connectivity index (χ0) is 14.0. The first-order valence-electron chi connectivity index (χ1n) is 6.23. The van der Waals surface area contributed by atoms with Crippen molar-refractivity contribution in [1.29, 1.82) is 0 Å². The van der Waals surface area contributed by atoms with Gasteiger partial charge in [0.2, 0.25) is 0 Å². The van der Waals surface area contributed by atoms with Gasteiger partial charge in [-0.1, -0.05) is 36.0 Å². The van der Waals surface area contributed by atoms with E-state index in [2.05, 4.69) is 0 Å². The van der Waals surface area contributed by atoms with Gasteiger partial charge < -0.3 is 5.11 Å². The average Bonchev–Trinajstić information content (AvgIpc) is 2.41. The smallest absolute Gasteiger partial charge is 0.307 e. The highest BCUT2D eigenvalue weighted by atomic mass is 35.5. The number of hydrogen-bond donors (Lipinski definition) is 1. The van der Waals surface area contributed by atoms with Gasteiger partial charge in [0.05, 0.1) is 16.0 Å². The Morgan fingerprint density at radius 2 is 1.68 bits per heavy atom. The van der Waals surface area contributed by atoms with Crippen LogP contribution >= 0.6 is 23.2 Å². The van der Waals surface area contributed by atoms with Gasteiger partial charge in [-0.05, 0) is 31.0 Å². The van der Waals surface area contributed by atoms with Gasteiger partial charge in [0, 0.05) is 11.5 Å². The van der Waals surface area contributed by atoms with Crippen LogP contribution < -0.4 is 0 Å². The maximum Gasteiger partial charge on any atom is 0.307 e. The number of carboxylic acid groups (broad SMARTS) is 1. The van der Waals surface area contributed by atoms with Crippen LogP contribution in [0.1, 0.15) is 36.0 Å². The summed E-state index contributed by atoms with van der Waals surface area (Å²) in [6.45, 7) is 0. The second-order valence-corrected chi connectivity index (χ2v) is 5.64. The lowest BCUT2D eigenvalue weighted by Crippen LogP contribution is -2.32. The second-order valence-electron chi connectivity index (χ2n) is 4.83. The number of halogens is 2. The first-order valence-corrected chi connectivity index (χ1v) is 6.98. The van der Waals surface area contributed by atoms with Gasteiger partial charge in [-0.15, -0.1) is 0 Å². The lowest BCUT2D eigenvalue weighted by atomic mass is 9.75. The third kappa shape index (κ3) is 3.10. The molecule has 2 rings (SSSR count). The third-order valence-corrected chi connectivity index (χ3v) is 4.36. The van der Waals surface area contributed by atoms with E-state index in [0.29, 0.717) is 28.5 Å². The Balaban J connectivity index is 2.26. The summed E-state index contributed by atoms with van der Waals surface area (Å²) in [6.07, 6.45) is 2.94. The second kappa shape index (κ2) is 5.93. The summed E-state index contributed by atoms with van der Waals surface area (Å²) in [5.41, 5.74) is 0.438. The molecule has 1 N–H and O–H groups in total. The largest absolute Gasteiger partial charge is 0.481 e. The number of rotatable bonds is 3. The highest BCUT2D eigenvalue weighted by molar-refractivity contribution is 6.42. The molecule has 0 aromatic heterocycles. The zero-order valence-electron chi connectivity index (χ0n) is 10.2. The van der Waals surface area contributed by atoms with Gasteiger partial charge in [-0.3, -0.25) is 9.59 Å². The van der Waals surface area contributed by atoms with Crippen molar-refractivity contribution in [2.75, 3.05) is 0 Å². The molecule has 0 saturated heterocycles. The summed E-state index contributed by atoms with van der Waals surface area (Å²) in [5, 5.41) is 9.90. The minimum atomic E-state index is -0.891. The van der Waals surface area contributed by atoms with Crippen molar-refractivity contribution in [1.82, 2.24) is 0 Å². The monoisotopic (exact) mass is 300 g/mol. The summed E-state index contributed by atoms with van der Waals surface area (Å²) in [5.74, 6) is -2.08. The van der Waals surface area contributed by atoms with E-state index in [4.69, 9.17) is 23.2 Å². The Labute approximate surface area is 121 Å². The minimum Gasteiger partial charge on any atom is -0.481 e. The molecule has 1 aromatic rings. The highest BCUT2D eigenvalue weighted by Crippen LogP contribution is 2.34. The number of carbonyl (C=O) groups excluding carboxylic acids is 1. The molecule has 1 aliphatic rings. The normalized spacial score (nSPS) is 23.1. The molecule has 1 saturated carbocycles. The van der Waals surface area contributed by atoms with Crippen LogP contribution in [0.4, 0.5) is 0 Å². The average molecular weight is 301 g/mol. The molecule has 1 aromatic carbocycles. The van der Waals surface area contributed by atoms with Crippen LogP contribution in [0.5, 0.6) is 0 Å². The molecule has 0 amide bonds. The van der Waals surface area contributed by atoms with E-state index in [1.54, 1.807) is 12.1 Å². The fourth-order valence-corrected chi connectivity index (χ4v) is 2.90. The van der Waals surface area contributed by atoms with E-state index in [1.807, 2.05) is 0 Å². The molecular weight excluding hydrogens is 287 g/mol. The predicted molar refractivity (Wildman–Crippen MR) is 73.9 cm³/mol. The maximum atomic E-state index is 12.4. The van der Waals surface area contributed by atoms with Crippen LogP contribution in [0.25, 0.3) is 0 Å². The molecule has 102 valence electrons. The topological polar surface area (TPSA) is 54.4 Å². The van der Waals surface area contributed by atoms with Crippen molar-refractivity contribution in [2.45, 2.75) is 25.7 Å². The standard InChI is InChI=1S/C14H14Cl2O3/c15-11-6-5-8(7-12(11)16)13(17)9-3-1-2-4-10(9)14(18)19/h5-7,9-10H,1-4H2,(H,18,19). The van der Waals surface area contributed by atoms with Gasteiger partial charge >= 0.3 is 5.97 Å². The molecule has 19 heavy (non-hydrogen) atoms. The molecule has 1 aliphatic carbocycles. The Morgan fingerprint density at radius 1 is 1.05 bits per heavy atom. The molecule has 2 unspecified atom stereocenters. The van der Waals surface area contributed by atoms with Crippen molar-refractivity contribution in [3.05, 3.63) is 33.8 Å². The summed E-state index contributed by atoms with van der Waals surface area (Å²) in [7, 11) is 0.